The van der Waals surface area contributed by atoms with E-state index >= 15 is 0 Å². The number of hydrogen-bond donors (Lipinski definition) is 2. The van der Waals surface area contributed by atoms with Crippen molar-refractivity contribution in [2.45, 2.75) is 31.2 Å². The van der Waals surface area contributed by atoms with Gasteiger partial charge in [-0.3, -0.25) is 21.2 Å². The Bertz CT molecular complexity index is 602. The van der Waals surface area contributed by atoms with Gasteiger partial charge in [-0.25, -0.2) is 4.39 Å². The minimum Gasteiger partial charge on any atom is -0.271 e. The summed E-state index contributed by atoms with van der Waals surface area (Å²) in [6.45, 7) is 0. The van der Waals surface area contributed by atoms with Gasteiger partial charge in [0.2, 0.25) is 0 Å². The molecule has 0 spiro atoms. The quantitative estimate of drug-likeness (QED) is 0.664. The fourth-order valence-electron chi connectivity index (χ4n) is 3.03. The third-order valence-electron chi connectivity index (χ3n) is 3.96. The van der Waals surface area contributed by atoms with Gasteiger partial charge in [-0.15, -0.1) is 0 Å². The van der Waals surface area contributed by atoms with Gasteiger partial charge in [0.1, 0.15) is 5.82 Å². The lowest BCUT2D eigenvalue weighted by molar-refractivity contribution is 0.387. The summed E-state index contributed by atoms with van der Waals surface area (Å²) in [5.41, 5.74) is 5.57. The van der Waals surface area contributed by atoms with E-state index in [1.54, 1.807) is 18.5 Å². The van der Waals surface area contributed by atoms with Crippen LogP contribution in [0, 0.1) is 5.82 Å². The normalized spacial score (nSPS) is 19.4. The number of rotatable bonds is 3. The molecule has 3 N–H and O–H groups in total. The predicted molar refractivity (Wildman–Crippen MR) is 74.2 cm³/mol. The maximum Gasteiger partial charge on any atom is 0.146 e. The Kier molecular flexibility index (Phi) is 3.71. The molecule has 2 heterocycles. The van der Waals surface area contributed by atoms with Gasteiger partial charge in [0, 0.05) is 29.6 Å². The summed E-state index contributed by atoms with van der Waals surface area (Å²) in [5, 5.41) is 0. The Morgan fingerprint density at radius 3 is 3.05 bits per heavy atom. The topological polar surface area (TPSA) is 63.8 Å². The van der Waals surface area contributed by atoms with Gasteiger partial charge in [-0.2, -0.15) is 0 Å². The molecule has 2 aromatic rings. The number of nitrogens with zero attached hydrogens (tertiary/aromatic N) is 2. The van der Waals surface area contributed by atoms with Gasteiger partial charge in [0.15, 0.2) is 0 Å². The zero-order valence-electron chi connectivity index (χ0n) is 11.1. The first-order valence-electron chi connectivity index (χ1n) is 6.80. The Morgan fingerprint density at radius 2 is 2.25 bits per heavy atom. The number of aromatic nitrogens is 2. The number of nitrogens with two attached hydrogens (primary N) is 1. The van der Waals surface area contributed by atoms with Gasteiger partial charge >= 0.3 is 0 Å². The number of pyridine rings is 2. The second kappa shape index (κ2) is 5.64. The lowest BCUT2D eigenvalue weighted by atomic mass is 9.80. The first-order chi connectivity index (χ1) is 9.81. The van der Waals surface area contributed by atoms with E-state index in [1.165, 1.54) is 11.8 Å². The first kappa shape index (κ1) is 13.1. The summed E-state index contributed by atoms with van der Waals surface area (Å²) in [6, 6.07) is 5.42. The third-order valence-corrected chi connectivity index (χ3v) is 3.96. The molecule has 0 saturated heterocycles. The minimum atomic E-state index is -0.335. The first-order valence-corrected chi connectivity index (χ1v) is 6.80. The smallest absolute Gasteiger partial charge is 0.146 e. The largest absolute Gasteiger partial charge is 0.271 e. The van der Waals surface area contributed by atoms with E-state index in [9.17, 15) is 4.39 Å². The monoisotopic (exact) mass is 272 g/mol. The number of fused-ring (bicyclic) bond motifs is 1. The van der Waals surface area contributed by atoms with Crippen LogP contribution in [0.5, 0.6) is 0 Å². The highest BCUT2D eigenvalue weighted by molar-refractivity contribution is 5.31. The van der Waals surface area contributed by atoms with Crippen LogP contribution >= 0.6 is 0 Å². The van der Waals surface area contributed by atoms with Gasteiger partial charge in [0.25, 0.3) is 0 Å². The number of hydrazine groups is 1. The van der Waals surface area contributed by atoms with Crippen molar-refractivity contribution in [3.63, 3.8) is 0 Å². The molecule has 2 aromatic heterocycles. The molecule has 0 aliphatic heterocycles. The summed E-state index contributed by atoms with van der Waals surface area (Å²) in [7, 11) is 0. The fraction of sp³-hybridized carbons (Fsp3) is 0.333. The Labute approximate surface area is 117 Å². The van der Waals surface area contributed by atoms with Crippen LogP contribution in [0.1, 0.15) is 41.6 Å². The van der Waals surface area contributed by atoms with Crippen LogP contribution in [-0.4, -0.2) is 9.97 Å². The molecule has 0 bridgehead atoms. The summed E-state index contributed by atoms with van der Waals surface area (Å²) in [5.74, 6) is 5.45. The molecule has 0 aromatic carbocycles. The van der Waals surface area contributed by atoms with Crippen molar-refractivity contribution in [1.82, 2.24) is 15.4 Å². The molecule has 0 radical (unpaired) electrons. The molecule has 3 rings (SSSR count). The highest BCUT2D eigenvalue weighted by Gasteiger charge is 2.30. The van der Waals surface area contributed by atoms with E-state index in [1.807, 2.05) is 6.07 Å². The lowest BCUT2D eigenvalue weighted by Gasteiger charge is -2.31. The SMILES string of the molecule is NNC(c1ccncc1F)C1CCCc2cccnc21. The Balaban J connectivity index is 2.01. The molecule has 0 saturated carbocycles. The molecule has 4 nitrogen and oxygen atoms in total. The van der Waals surface area contributed by atoms with Gasteiger partial charge < -0.3 is 0 Å². The summed E-state index contributed by atoms with van der Waals surface area (Å²) < 4.78 is 14.0. The maximum absolute atomic E-state index is 14.0. The summed E-state index contributed by atoms with van der Waals surface area (Å²) in [6.07, 6.45) is 7.63. The highest BCUT2D eigenvalue weighted by Crippen LogP contribution is 2.39. The van der Waals surface area contributed by atoms with Crippen LogP contribution in [0.25, 0.3) is 0 Å². The molecule has 0 fully saturated rings. The van der Waals surface area contributed by atoms with E-state index in [2.05, 4.69) is 21.5 Å². The number of hydrogen-bond acceptors (Lipinski definition) is 4. The standard InChI is InChI=1S/C15H17FN4/c16-13-9-18-8-6-11(13)15(20-17)12-5-1-3-10-4-2-7-19-14(10)12/h2,4,6-9,12,15,20H,1,3,5,17H2. The Morgan fingerprint density at radius 1 is 1.35 bits per heavy atom. The maximum atomic E-state index is 14.0. The van der Waals surface area contributed by atoms with Gasteiger partial charge in [-0.1, -0.05) is 6.07 Å². The van der Waals surface area contributed by atoms with Crippen LogP contribution in [0.15, 0.2) is 36.8 Å². The zero-order chi connectivity index (χ0) is 13.9. The van der Waals surface area contributed by atoms with Crippen LogP contribution in [0.4, 0.5) is 4.39 Å². The number of aryl methyl sites for hydroxylation is 1. The van der Waals surface area contributed by atoms with Crippen molar-refractivity contribution in [2.75, 3.05) is 0 Å². The van der Waals surface area contributed by atoms with Crippen molar-refractivity contribution in [2.24, 2.45) is 5.84 Å². The van der Waals surface area contributed by atoms with Crippen LogP contribution < -0.4 is 11.3 Å². The second-order valence-corrected chi connectivity index (χ2v) is 5.09. The molecule has 2 unspecified atom stereocenters. The van der Waals surface area contributed by atoms with Crippen molar-refractivity contribution >= 4 is 0 Å². The molecule has 2 atom stereocenters. The van der Waals surface area contributed by atoms with Crippen LogP contribution in [0.2, 0.25) is 0 Å². The Hall–Kier alpha value is -1.85. The van der Waals surface area contributed by atoms with Crippen LogP contribution in [0.3, 0.4) is 0 Å². The molecule has 0 amide bonds. The second-order valence-electron chi connectivity index (χ2n) is 5.09. The van der Waals surface area contributed by atoms with Crippen molar-refractivity contribution in [3.05, 3.63) is 59.4 Å². The highest BCUT2D eigenvalue weighted by atomic mass is 19.1. The van der Waals surface area contributed by atoms with Gasteiger partial charge in [-0.05, 0) is 37.0 Å². The lowest BCUT2D eigenvalue weighted by Crippen LogP contribution is -2.35. The van der Waals surface area contributed by atoms with E-state index in [4.69, 9.17) is 5.84 Å². The number of halogens is 1. The molecule has 20 heavy (non-hydrogen) atoms. The van der Waals surface area contributed by atoms with Gasteiger partial charge in [0.05, 0.1) is 12.2 Å². The van der Waals surface area contributed by atoms with Crippen molar-refractivity contribution < 1.29 is 4.39 Å². The fourth-order valence-corrected chi connectivity index (χ4v) is 3.03. The average Bonchev–Trinajstić information content (AvgIpc) is 2.50. The third kappa shape index (κ3) is 2.30. The van der Waals surface area contributed by atoms with E-state index in [-0.39, 0.29) is 17.8 Å². The molecule has 5 heteroatoms. The van der Waals surface area contributed by atoms with Crippen molar-refractivity contribution in [1.29, 1.82) is 0 Å². The number of nitrogens with one attached hydrogen (secondary N) is 1. The van der Waals surface area contributed by atoms with Crippen LogP contribution in [-0.2, 0) is 6.42 Å². The summed E-state index contributed by atoms with van der Waals surface area (Å²) >= 11 is 0. The minimum absolute atomic E-state index is 0.0850. The van der Waals surface area contributed by atoms with E-state index in [0.717, 1.165) is 25.0 Å². The van der Waals surface area contributed by atoms with E-state index < -0.39 is 0 Å². The zero-order valence-corrected chi connectivity index (χ0v) is 11.1. The molecule has 1 aliphatic carbocycles. The molecular weight excluding hydrogens is 255 g/mol. The predicted octanol–water partition coefficient (Wildman–Crippen LogP) is 2.24. The van der Waals surface area contributed by atoms with E-state index in [0.29, 0.717) is 5.56 Å². The average molecular weight is 272 g/mol. The van der Waals surface area contributed by atoms with Crippen molar-refractivity contribution in [3.8, 4) is 0 Å². The molecular formula is C15H17FN4. The molecule has 104 valence electrons. The molecule has 1 aliphatic rings. The summed E-state index contributed by atoms with van der Waals surface area (Å²) in [4.78, 5) is 8.28.